The highest BCUT2D eigenvalue weighted by molar-refractivity contribution is 7.90. The molecule has 7 heteroatoms. The molecule has 0 radical (unpaired) electrons. The van der Waals surface area contributed by atoms with Gasteiger partial charge >= 0.3 is 0 Å². The molecule has 1 amide bonds. The predicted molar refractivity (Wildman–Crippen MR) is 137 cm³/mol. The first-order chi connectivity index (χ1) is 16.4. The van der Waals surface area contributed by atoms with Crippen LogP contribution in [0.4, 0.5) is 5.69 Å². The maximum atomic E-state index is 13.3. The number of amides is 1. The van der Waals surface area contributed by atoms with Crippen LogP contribution in [-0.4, -0.2) is 18.9 Å². The number of benzene rings is 4. The maximum absolute atomic E-state index is 13.3. The maximum Gasteiger partial charge on any atom is 0.244 e. The Labute approximate surface area is 202 Å². The lowest BCUT2D eigenvalue weighted by molar-refractivity contribution is -0.116. The van der Waals surface area contributed by atoms with Crippen molar-refractivity contribution in [2.45, 2.75) is 17.2 Å². The average Bonchev–Trinajstić information content (AvgIpc) is 3.20. The Morgan fingerprint density at radius 2 is 1.50 bits per heavy atom. The van der Waals surface area contributed by atoms with Crippen LogP contribution < -0.4 is 5.32 Å². The van der Waals surface area contributed by atoms with Crippen LogP contribution in [0.3, 0.4) is 0 Å². The molecule has 0 unspecified atom stereocenters. The van der Waals surface area contributed by atoms with Gasteiger partial charge in [0.1, 0.15) is 6.54 Å². The molecule has 34 heavy (non-hydrogen) atoms. The molecule has 5 aromatic rings. The second kappa shape index (κ2) is 8.97. The highest BCUT2D eigenvalue weighted by Crippen LogP contribution is 2.29. The molecule has 5 rings (SSSR count). The third-order valence-electron chi connectivity index (χ3n) is 5.73. The molecule has 0 aliphatic carbocycles. The molecular formula is C27H21ClN2O3S. The molecule has 0 atom stereocenters. The van der Waals surface area contributed by atoms with E-state index in [9.17, 15) is 13.2 Å². The van der Waals surface area contributed by atoms with Crippen LogP contribution in [0.25, 0.3) is 21.7 Å². The molecule has 0 saturated carbocycles. The number of anilines is 1. The van der Waals surface area contributed by atoms with Crippen molar-refractivity contribution < 1.29 is 13.2 Å². The van der Waals surface area contributed by atoms with E-state index in [0.717, 1.165) is 16.5 Å². The third kappa shape index (κ3) is 4.42. The Morgan fingerprint density at radius 3 is 2.29 bits per heavy atom. The number of fused-ring (bicyclic) bond motifs is 2. The number of hydrogen-bond donors (Lipinski definition) is 1. The number of sulfone groups is 1. The molecule has 0 fully saturated rings. The first-order valence-corrected chi connectivity index (χ1v) is 12.8. The van der Waals surface area contributed by atoms with E-state index >= 15 is 0 Å². The summed E-state index contributed by atoms with van der Waals surface area (Å²) in [7, 11) is -3.65. The summed E-state index contributed by atoms with van der Waals surface area (Å²) in [5.74, 6) is -0.390. The van der Waals surface area contributed by atoms with Gasteiger partial charge in [-0.1, -0.05) is 78.3 Å². The first-order valence-electron chi connectivity index (χ1n) is 10.7. The van der Waals surface area contributed by atoms with E-state index in [0.29, 0.717) is 21.5 Å². The van der Waals surface area contributed by atoms with Crippen LogP contribution in [0.15, 0.2) is 102 Å². The van der Waals surface area contributed by atoms with Crippen molar-refractivity contribution in [3.8, 4) is 0 Å². The van der Waals surface area contributed by atoms with Crippen molar-refractivity contribution in [1.29, 1.82) is 0 Å². The Kier molecular flexibility index (Phi) is 5.86. The monoisotopic (exact) mass is 488 g/mol. The van der Waals surface area contributed by atoms with Crippen LogP contribution in [0.2, 0.25) is 5.02 Å². The van der Waals surface area contributed by atoms with Crippen LogP contribution in [0.1, 0.15) is 5.56 Å². The predicted octanol–water partition coefficient (Wildman–Crippen LogP) is 6.06. The highest BCUT2D eigenvalue weighted by Gasteiger charge is 2.22. The summed E-state index contributed by atoms with van der Waals surface area (Å²) < 4.78 is 28.3. The van der Waals surface area contributed by atoms with Gasteiger partial charge in [0.05, 0.1) is 10.6 Å². The number of nitrogens with one attached hydrogen (secondary N) is 1. The van der Waals surface area contributed by atoms with E-state index in [1.54, 1.807) is 47.2 Å². The normalized spacial score (nSPS) is 11.7. The van der Waals surface area contributed by atoms with E-state index in [4.69, 9.17) is 11.6 Å². The lowest BCUT2D eigenvalue weighted by atomic mass is 10.1. The van der Waals surface area contributed by atoms with Gasteiger partial charge in [-0.15, -0.1) is 0 Å². The van der Waals surface area contributed by atoms with Gasteiger partial charge in [0.25, 0.3) is 0 Å². The molecular weight excluding hydrogens is 468 g/mol. The zero-order chi connectivity index (χ0) is 23.7. The average molecular weight is 489 g/mol. The Bertz CT molecular complexity index is 1620. The fraction of sp³-hybridized carbons (Fsp3) is 0.0741. The molecule has 0 aliphatic rings. The molecule has 0 aliphatic heterocycles. The smallest absolute Gasteiger partial charge is 0.244 e. The second-order valence-electron chi connectivity index (χ2n) is 8.10. The fourth-order valence-corrected chi connectivity index (χ4v) is 5.86. The van der Waals surface area contributed by atoms with Gasteiger partial charge in [-0.05, 0) is 35.2 Å². The SMILES string of the molecule is O=C(Cn1cc(S(=O)(=O)Cc2ccc(Cl)cc2)c2ccccc21)Nc1cccc2ccccc12. The Morgan fingerprint density at radius 1 is 0.824 bits per heavy atom. The number of halogens is 1. The molecule has 0 spiro atoms. The van der Waals surface area contributed by atoms with Crippen LogP contribution >= 0.6 is 11.6 Å². The largest absolute Gasteiger partial charge is 0.337 e. The van der Waals surface area contributed by atoms with Crippen molar-refractivity contribution in [3.05, 3.63) is 108 Å². The lowest BCUT2D eigenvalue weighted by Crippen LogP contribution is -2.18. The standard InChI is InChI=1S/C27H21ClN2O3S/c28-21-14-12-19(13-15-21)18-34(32,33)26-16-30(25-11-4-3-9-23(25)26)17-27(31)29-24-10-5-7-20-6-1-2-8-22(20)24/h1-16H,17-18H2,(H,29,31). The minimum absolute atomic E-state index is 0.0137. The van der Waals surface area contributed by atoms with Gasteiger partial charge < -0.3 is 9.88 Å². The fourth-order valence-electron chi connectivity index (χ4n) is 4.15. The first kappa shape index (κ1) is 22.2. The van der Waals surface area contributed by atoms with Crippen molar-refractivity contribution in [1.82, 2.24) is 4.57 Å². The number of nitrogens with zero attached hydrogens (tertiary/aromatic N) is 1. The number of rotatable bonds is 6. The van der Waals surface area contributed by atoms with Gasteiger partial charge in [0, 0.05) is 33.2 Å². The van der Waals surface area contributed by atoms with Gasteiger partial charge in [0.15, 0.2) is 9.84 Å². The van der Waals surface area contributed by atoms with Crippen molar-refractivity contribution in [3.63, 3.8) is 0 Å². The molecule has 4 aromatic carbocycles. The molecule has 1 N–H and O–H groups in total. The van der Waals surface area contributed by atoms with Gasteiger partial charge in [-0.3, -0.25) is 4.79 Å². The van der Waals surface area contributed by atoms with Crippen LogP contribution in [0, 0.1) is 0 Å². The summed E-state index contributed by atoms with van der Waals surface area (Å²) in [5, 5.41) is 6.09. The van der Waals surface area contributed by atoms with Crippen molar-refractivity contribution in [2.24, 2.45) is 0 Å². The van der Waals surface area contributed by atoms with Crippen LogP contribution in [-0.2, 0) is 26.9 Å². The molecule has 1 heterocycles. The number of hydrogen-bond acceptors (Lipinski definition) is 3. The summed E-state index contributed by atoms with van der Waals surface area (Å²) in [6.45, 7) is -0.0137. The Balaban J connectivity index is 1.45. The molecule has 1 aromatic heterocycles. The minimum Gasteiger partial charge on any atom is -0.337 e. The molecule has 170 valence electrons. The summed E-state index contributed by atoms with van der Waals surface area (Å²) in [6, 6.07) is 27.5. The second-order valence-corrected chi connectivity index (χ2v) is 10.5. The van der Waals surface area contributed by atoms with Crippen molar-refractivity contribution >= 4 is 54.7 Å². The number of carbonyl (C=O) groups excluding carboxylic acids is 1. The topological polar surface area (TPSA) is 68.2 Å². The van der Waals surface area contributed by atoms with Crippen LogP contribution in [0.5, 0.6) is 0 Å². The highest BCUT2D eigenvalue weighted by atomic mass is 35.5. The molecule has 5 nitrogen and oxygen atoms in total. The summed E-state index contributed by atoms with van der Waals surface area (Å²) >= 11 is 5.93. The minimum atomic E-state index is -3.65. The third-order valence-corrected chi connectivity index (χ3v) is 7.70. The van der Waals surface area contributed by atoms with Crippen molar-refractivity contribution in [2.75, 3.05) is 5.32 Å². The Hall–Kier alpha value is -3.61. The van der Waals surface area contributed by atoms with E-state index in [1.165, 1.54) is 0 Å². The van der Waals surface area contributed by atoms with Gasteiger partial charge in [0.2, 0.25) is 5.91 Å². The number of aromatic nitrogens is 1. The summed E-state index contributed by atoms with van der Waals surface area (Å²) in [5.41, 5.74) is 2.05. The van der Waals surface area contributed by atoms with E-state index < -0.39 is 9.84 Å². The van der Waals surface area contributed by atoms with Gasteiger partial charge in [-0.25, -0.2) is 8.42 Å². The number of carbonyl (C=O) groups is 1. The van der Waals surface area contributed by atoms with Gasteiger partial charge in [-0.2, -0.15) is 0 Å². The van der Waals surface area contributed by atoms with E-state index in [-0.39, 0.29) is 23.1 Å². The van der Waals surface area contributed by atoms with E-state index in [1.807, 2.05) is 54.6 Å². The lowest BCUT2D eigenvalue weighted by Gasteiger charge is -2.10. The number of para-hydroxylation sites is 1. The zero-order valence-corrected chi connectivity index (χ0v) is 19.7. The summed E-state index contributed by atoms with van der Waals surface area (Å²) in [6.07, 6.45) is 1.55. The molecule has 0 saturated heterocycles. The van der Waals surface area contributed by atoms with E-state index in [2.05, 4.69) is 5.32 Å². The molecule has 0 bridgehead atoms. The summed E-state index contributed by atoms with van der Waals surface area (Å²) in [4.78, 5) is 13.2. The quantitative estimate of drug-likeness (QED) is 0.316. The zero-order valence-electron chi connectivity index (χ0n) is 18.1.